The first-order chi connectivity index (χ1) is 16.8. The van der Waals surface area contributed by atoms with E-state index in [9.17, 15) is 14.7 Å². The first-order valence-corrected chi connectivity index (χ1v) is 11.9. The zero-order valence-corrected chi connectivity index (χ0v) is 22.2. The van der Waals surface area contributed by atoms with E-state index in [-0.39, 0.29) is 11.0 Å². The highest BCUT2D eigenvalue weighted by Crippen LogP contribution is 2.32. The second kappa shape index (κ2) is 11.8. The summed E-state index contributed by atoms with van der Waals surface area (Å²) >= 11 is 0. The van der Waals surface area contributed by atoms with E-state index in [1.807, 2.05) is 32.9 Å². The van der Waals surface area contributed by atoms with Crippen LogP contribution in [0.25, 0.3) is 0 Å². The van der Waals surface area contributed by atoms with Crippen LogP contribution in [0.2, 0.25) is 0 Å². The number of terminal acetylenes is 1. The third-order valence-corrected chi connectivity index (χ3v) is 5.41. The molecule has 6 nitrogen and oxygen atoms in total. The van der Waals surface area contributed by atoms with Gasteiger partial charge in [0.15, 0.2) is 6.10 Å². The van der Waals surface area contributed by atoms with Gasteiger partial charge in [0.05, 0.1) is 0 Å². The van der Waals surface area contributed by atoms with E-state index in [4.69, 9.17) is 6.42 Å². The van der Waals surface area contributed by atoms with Crippen LogP contribution in [-0.2, 0) is 15.0 Å². The van der Waals surface area contributed by atoms with Crippen LogP contribution in [-0.4, -0.2) is 33.5 Å². The minimum atomic E-state index is -1.58. The van der Waals surface area contributed by atoms with Gasteiger partial charge < -0.3 is 10.4 Å². The fourth-order valence-electron chi connectivity index (χ4n) is 3.70. The first kappa shape index (κ1) is 28.5. The molecule has 0 fully saturated rings. The summed E-state index contributed by atoms with van der Waals surface area (Å²) in [5.41, 5.74) is 1.63. The number of carbonyl (C=O) groups is 2. The molecule has 6 heteroatoms. The van der Waals surface area contributed by atoms with Gasteiger partial charge in [-0.15, -0.1) is 6.42 Å². The monoisotopic (exact) mass is 487 g/mol. The predicted octanol–water partition coefficient (Wildman–Crippen LogP) is 4.86. The molecule has 0 aliphatic heterocycles. The Kier molecular flexibility index (Phi) is 9.38. The molecule has 0 aliphatic carbocycles. The van der Waals surface area contributed by atoms with Crippen LogP contribution in [0, 0.1) is 12.3 Å². The van der Waals surface area contributed by atoms with Crippen molar-refractivity contribution in [1.82, 2.24) is 10.3 Å². The number of aliphatic hydroxyl groups excluding tert-OH is 1. The van der Waals surface area contributed by atoms with E-state index in [1.165, 1.54) is 11.0 Å². The lowest BCUT2D eigenvalue weighted by Crippen LogP contribution is -2.51. The van der Waals surface area contributed by atoms with Gasteiger partial charge in [-0.1, -0.05) is 57.0 Å². The van der Waals surface area contributed by atoms with E-state index in [0.717, 1.165) is 5.56 Å². The highest BCUT2D eigenvalue weighted by atomic mass is 16.3. The van der Waals surface area contributed by atoms with Crippen molar-refractivity contribution in [1.29, 1.82) is 0 Å². The summed E-state index contributed by atoms with van der Waals surface area (Å²) in [7, 11) is 0. The van der Waals surface area contributed by atoms with Crippen molar-refractivity contribution < 1.29 is 14.7 Å². The molecule has 36 heavy (non-hydrogen) atoms. The molecule has 1 aromatic heterocycles. The molecule has 0 saturated carbocycles. The minimum absolute atomic E-state index is 0.103. The number of benzene rings is 1. The van der Waals surface area contributed by atoms with E-state index in [1.54, 1.807) is 55.7 Å². The molecule has 2 rings (SSSR count). The van der Waals surface area contributed by atoms with Crippen molar-refractivity contribution in [3.8, 4) is 12.3 Å². The van der Waals surface area contributed by atoms with Crippen molar-refractivity contribution in [3.63, 3.8) is 0 Å². The zero-order chi connectivity index (χ0) is 27.1. The standard InChI is InChI=1S/C30H37N3O3/c1-9-12-21(13-10-2)26(34)28(36)33(24-17-15-23(16-18-24)29(3,4)5)25(22-14-11-19-31-20-22)27(35)32-30(6,7)8/h1,10-20,25-26,34H,2-8H3,(H,32,35)/b13-10-,21-12+/t25?,26-/m0/s1. The molecule has 190 valence electrons. The van der Waals surface area contributed by atoms with Gasteiger partial charge in [0, 0.05) is 29.2 Å². The molecule has 1 heterocycles. The zero-order valence-electron chi connectivity index (χ0n) is 22.2. The molecule has 0 spiro atoms. The van der Waals surface area contributed by atoms with Crippen LogP contribution in [0.5, 0.6) is 0 Å². The molecular formula is C30H37N3O3. The van der Waals surface area contributed by atoms with Crippen molar-refractivity contribution >= 4 is 17.5 Å². The number of nitrogens with one attached hydrogen (secondary N) is 1. The molecule has 0 aliphatic rings. The van der Waals surface area contributed by atoms with E-state index >= 15 is 0 Å². The van der Waals surface area contributed by atoms with Crippen molar-refractivity contribution in [2.24, 2.45) is 0 Å². The number of aromatic nitrogens is 1. The number of rotatable bonds is 7. The van der Waals surface area contributed by atoms with Gasteiger partial charge in [-0.05, 0) is 68.5 Å². The van der Waals surface area contributed by atoms with Crippen molar-refractivity contribution in [3.05, 3.63) is 83.7 Å². The number of aliphatic hydroxyl groups is 1. The summed E-state index contributed by atoms with van der Waals surface area (Å²) in [6.45, 7) is 13.6. The Morgan fingerprint density at radius 2 is 1.75 bits per heavy atom. The molecule has 2 N–H and O–H groups in total. The van der Waals surface area contributed by atoms with Crippen LogP contribution < -0.4 is 10.2 Å². The topological polar surface area (TPSA) is 82.5 Å². The van der Waals surface area contributed by atoms with Gasteiger partial charge in [0.25, 0.3) is 5.91 Å². The number of allylic oxidation sites excluding steroid dienone is 2. The molecule has 2 amide bonds. The Labute approximate surface area is 215 Å². The van der Waals surface area contributed by atoms with E-state index in [2.05, 4.69) is 37.0 Å². The Morgan fingerprint density at radius 1 is 1.11 bits per heavy atom. The summed E-state index contributed by atoms with van der Waals surface area (Å²) in [6, 6.07) is 9.79. The number of hydrogen-bond acceptors (Lipinski definition) is 4. The highest BCUT2D eigenvalue weighted by Gasteiger charge is 2.37. The highest BCUT2D eigenvalue weighted by molar-refractivity contribution is 6.04. The average molecular weight is 488 g/mol. The lowest BCUT2D eigenvalue weighted by molar-refractivity contribution is -0.130. The average Bonchev–Trinajstić information content (AvgIpc) is 2.80. The molecule has 2 aromatic rings. The summed E-state index contributed by atoms with van der Waals surface area (Å²) in [5, 5.41) is 14.1. The van der Waals surface area contributed by atoms with Crippen LogP contribution in [0.15, 0.2) is 72.6 Å². The van der Waals surface area contributed by atoms with Crippen LogP contribution in [0.1, 0.15) is 65.6 Å². The summed E-state index contributed by atoms with van der Waals surface area (Å²) < 4.78 is 0. The minimum Gasteiger partial charge on any atom is -0.378 e. The number of anilines is 1. The Bertz CT molecular complexity index is 1150. The molecule has 1 aromatic carbocycles. The maximum atomic E-state index is 13.9. The normalized spacial score (nSPS) is 14.1. The summed E-state index contributed by atoms with van der Waals surface area (Å²) in [5.74, 6) is 1.29. The Balaban J connectivity index is 2.75. The third-order valence-electron chi connectivity index (χ3n) is 5.41. The molecule has 0 saturated heterocycles. The molecule has 0 radical (unpaired) electrons. The SMILES string of the molecule is C#C/C=C(\C=C/C)[C@H](O)C(=O)N(c1ccc(C(C)(C)C)cc1)C(C(=O)NC(C)(C)C)c1cccnc1. The summed E-state index contributed by atoms with van der Waals surface area (Å²) in [6.07, 6.45) is 11.6. The Hall–Kier alpha value is -3.69. The lowest BCUT2D eigenvalue weighted by Gasteiger charge is -2.35. The van der Waals surface area contributed by atoms with E-state index in [0.29, 0.717) is 11.3 Å². The first-order valence-electron chi connectivity index (χ1n) is 11.9. The van der Waals surface area contributed by atoms with Crippen LogP contribution in [0.4, 0.5) is 5.69 Å². The van der Waals surface area contributed by atoms with Crippen LogP contribution >= 0.6 is 0 Å². The molecular weight excluding hydrogens is 450 g/mol. The number of pyridine rings is 1. The number of carbonyl (C=O) groups excluding carboxylic acids is 2. The lowest BCUT2D eigenvalue weighted by atomic mass is 9.87. The van der Waals surface area contributed by atoms with Gasteiger partial charge in [0.2, 0.25) is 5.91 Å². The van der Waals surface area contributed by atoms with Crippen molar-refractivity contribution in [2.75, 3.05) is 4.90 Å². The van der Waals surface area contributed by atoms with Gasteiger partial charge in [-0.3, -0.25) is 19.5 Å². The third kappa shape index (κ3) is 7.40. The second-order valence-electron chi connectivity index (χ2n) is 10.6. The second-order valence-corrected chi connectivity index (χ2v) is 10.6. The van der Waals surface area contributed by atoms with E-state index < -0.39 is 29.5 Å². The molecule has 2 atom stereocenters. The van der Waals surface area contributed by atoms with Crippen molar-refractivity contribution in [2.45, 2.75) is 71.6 Å². The quantitative estimate of drug-likeness (QED) is 0.431. The molecule has 0 bridgehead atoms. The van der Waals surface area contributed by atoms with Gasteiger partial charge >= 0.3 is 0 Å². The predicted molar refractivity (Wildman–Crippen MR) is 145 cm³/mol. The van der Waals surface area contributed by atoms with Gasteiger partial charge in [-0.25, -0.2) is 0 Å². The van der Waals surface area contributed by atoms with Gasteiger partial charge in [0.1, 0.15) is 6.04 Å². The van der Waals surface area contributed by atoms with Crippen LogP contribution in [0.3, 0.4) is 0 Å². The molecule has 1 unspecified atom stereocenters. The fraction of sp³-hybridized carbons (Fsp3) is 0.367. The maximum Gasteiger partial charge on any atom is 0.261 e. The maximum absolute atomic E-state index is 13.9. The number of amides is 2. The summed E-state index contributed by atoms with van der Waals surface area (Å²) in [4.78, 5) is 33.1. The largest absolute Gasteiger partial charge is 0.378 e. The fourth-order valence-corrected chi connectivity index (χ4v) is 3.70. The number of nitrogens with zero attached hydrogens (tertiary/aromatic N) is 2. The smallest absolute Gasteiger partial charge is 0.261 e. The Morgan fingerprint density at radius 3 is 2.22 bits per heavy atom. The van der Waals surface area contributed by atoms with Gasteiger partial charge in [-0.2, -0.15) is 0 Å². The number of hydrogen-bond donors (Lipinski definition) is 2.